The van der Waals surface area contributed by atoms with Crippen LogP contribution in [0.1, 0.15) is 21.6 Å². The molecule has 2 heterocycles. The van der Waals surface area contributed by atoms with Gasteiger partial charge >= 0.3 is 5.97 Å². The van der Waals surface area contributed by atoms with Crippen molar-refractivity contribution < 1.29 is 14.3 Å². The molecular weight excluding hydrogens is 297 g/mol. The minimum atomic E-state index is -1.02. The van der Waals surface area contributed by atoms with Crippen LogP contribution in [-0.2, 0) is 13.5 Å². The van der Waals surface area contributed by atoms with Crippen molar-refractivity contribution in [3.05, 3.63) is 71.6 Å². The molecule has 1 N–H and O–H groups in total. The number of carbonyl (C=O) groups is 1. The maximum absolute atomic E-state index is 14.1. The average Bonchev–Trinajstić information content (AvgIpc) is 2.89. The predicted molar refractivity (Wildman–Crippen MR) is 82.6 cm³/mol. The summed E-state index contributed by atoms with van der Waals surface area (Å²) in [6.45, 7) is 0. The molecule has 3 rings (SSSR count). The third kappa shape index (κ3) is 2.83. The third-order valence-electron chi connectivity index (χ3n) is 3.72. The van der Waals surface area contributed by atoms with Crippen molar-refractivity contribution in [1.29, 1.82) is 0 Å². The van der Waals surface area contributed by atoms with E-state index in [2.05, 4.69) is 10.1 Å². The van der Waals surface area contributed by atoms with Crippen LogP contribution in [0.15, 0.2) is 48.9 Å². The summed E-state index contributed by atoms with van der Waals surface area (Å²) in [4.78, 5) is 15.3. The normalized spacial score (nSPS) is 10.7. The van der Waals surface area contributed by atoms with E-state index in [4.69, 9.17) is 0 Å². The van der Waals surface area contributed by atoms with Crippen molar-refractivity contribution in [1.82, 2.24) is 14.8 Å². The van der Waals surface area contributed by atoms with Crippen molar-refractivity contribution in [3.8, 4) is 11.1 Å². The number of rotatable bonds is 4. The number of carboxylic acid groups (broad SMARTS) is 1. The van der Waals surface area contributed by atoms with Crippen molar-refractivity contribution in [2.75, 3.05) is 0 Å². The Balaban J connectivity index is 2.08. The number of aryl methyl sites for hydroxylation is 1. The highest BCUT2D eigenvalue weighted by Gasteiger charge is 2.17. The van der Waals surface area contributed by atoms with Crippen LogP contribution >= 0.6 is 0 Å². The lowest BCUT2D eigenvalue weighted by molar-refractivity contribution is 0.0695. The zero-order chi connectivity index (χ0) is 16.4. The van der Waals surface area contributed by atoms with Gasteiger partial charge in [-0.2, -0.15) is 5.10 Å². The van der Waals surface area contributed by atoms with Crippen molar-refractivity contribution in [2.45, 2.75) is 6.42 Å². The number of hydrogen-bond acceptors (Lipinski definition) is 3. The molecule has 0 aliphatic heterocycles. The molecule has 0 saturated heterocycles. The predicted octanol–water partition coefficient (Wildman–Crippen LogP) is 2.91. The summed E-state index contributed by atoms with van der Waals surface area (Å²) in [5, 5.41) is 13.5. The van der Waals surface area contributed by atoms with E-state index in [1.165, 1.54) is 24.5 Å². The van der Waals surface area contributed by atoms with E-state index in [0.717, 1.165) is 5.69 Å². The highest BCUT2D eigenvalue weighted by atomic mass is 19.1. The van der Waals surface area contributed by atoms with Crippen molar-refractivity contribution in [3.63, 3.8) is 0 Å². The SMILES string of the molecule is Cn1ncc(-c2ccccc2F)c1Cc1cnccc1C(=O)O. The molecule has 3 aromatic rings. The van der Waals surface area contributed by atoms with E-state index >= 15 is 0 Å². The maximum atomic E-state index is 14.1. The van der Waals surface area contributed by atoms with E-state index in [9.17, 15) is 14.3 Å². The molecule has 5 nitrogen and oxygen atoms in total. The quantitative estimate of drug-likeness (QED) is 0.804. The molecule has 0 amide bonds. The Kier molecular flexibility index (Phi) is 3.89. The topological polar surface area (TPSA) is 68.0 Å². The van der Waals surface area contributed by atoms with Gasteiger partial charge in [-0.25, -0.2) is 9.18 Å². The number of nitrogens with zero attached hydrogens (tertiary/aromatic N) is 3. The fourth-order valence-electron chi connectivity index (χ4n) is 2.53. The van der Waals surface area contributed by atoms with Gasteiger partial charge in [-0.15, -0.1) is 0 Å². The highest BCUT2D eigenvalue weighted by Crippen LogP contribution is 2.28. The lowest BCUT2D eigenvalue weighted by Gasteiger charge is -2.09. The van der Waals surface area contributed by atoms with Crippen LogP contribution in [0.5, 0.6) is 0 Å². The number of halogens is 1. The number of carboxylic acids is 1. The lowest BCUT2D eigenvalue weighted by atomic mass is 9.99. The van der Waals surface area contributed by atoms with E-state index in [1.54, 1.807) is 36.1 Å². The number of aromatic nitrogens is 3. The summed E-state index contributed by atoms with van der Waals surface area (Å²) >= 11 is 0. The molecule has 2 aromatic heterocycles. The van der Waals surface area contributed by atoms with Crippen molar-refractivity contribution in [2.24, 2.45) is 7.05 Å². The summed E-state index contributed by atoms with van der Waals surface area (Å²) in [6.07, 6.45) is 4.84. The number of benzene rings is 1. The second-order valence-electron chi connectivity index (χ2n) is 5.12. The number of hydrogen-bond donors (Lipinski definition) is 1. The Morgan fingerprint density at radius 3 is 2.74 bits per heavy atom. The Morgan fingerprint density at radius 1 is 1.22 bits per heavy atom. The zero-order valence-electron chi connectivity index (χ0n) is 12.4. The summed E-state index contributed by atoms with van der Waals surface area (Å²) in [7, 11) is 1.75. The molecule has 0 atom stereocenters. The standard InChI is InChI=1S/C17H14FN3O2/c1-21-16(8-11-9-19-7-6-12(11)17(22)23)14(10-20-21)13-4-2-3-5-15(13)18/h2-7,9-10H,8H2,1H3,(H,22,23). The maximum Gasteiger partial charge on any atom is 0.336 e. The molecule has 116 valence electrons. The van der Waals surface area contributed by atoms with Gasteiger partial charge in [0.2, 0.25) is 0 Å². The van der Waals surface area contributed by atoms with Gasteiger partial charge in [0.15, 0.2) is 0 Å². The van der Waals surface area contributed by atoms with Gasteiger partial charge in [0.1, 0.15) is 5.82 Å². The fourth-order valence-corrected chi connectivity index (χ4v) is 2.53. The van der Waals surface area contributed by atoms with E-state index in [0.29, 0.717) is 23.1 Å². The lowest BCUT2D eigenvalue weighted by Crippen LogP contribution is -2.07. The largest absolute Gasteiger partial charge is 0.478 e. The van der Waals surface area contributed by atoms with E-state index in [-0.39, 0.29) is 11.4 Å². The third-order valence-corrected chi connectivity index (χ3v) is 3.72. The Morgan fingerprint density at radius 2 is 2.00 bits per heavy atom. The molecule has 0 unspecified atom stereocenters. The Bertz CT molecular complexity index is 874. The molecule has 23 heavy (non-hydrogen) atoms. The van der Waals surface area contributed by atoms with Gasteiger partial charge in [0.05, 0.1) is 17.5 Å². The molecule has 0 aliphatic carbocycles. The van der Waals surface area contributed by atoms with Gasteiger partial charge in [-0.05, 0) is 17.7 Å². The molecular formula is C17H14FN3O2. The van der Waals surface area contributed by atoms with Crippen LogP contribution < -0.4 is 0 Å². The highest BCUT2D eigenvalue weighted by molar-refractivity contribution is 5.89. The zero-order valence-corrected chi connectivity index (χ0v) is 12.4. The average molecular weight is 311 g/mol. The molecule has 0 spiro atoms. The molecule has 6 heteroatoms. The summed E-state index contributed by atoms with van der Waals surface area (Å²) in [5.41, 5.74) is 2.55. The first kappa shape index (κ1) is 14.9. The Labute approximate surface area is 132 Å². The number of aromatic carboxylic acids is 1. The van der Waals surface area contributed by atoms with Crippen LogP contribution in [0, 0.1) is 5.82 Å². The Hall–Kier alpha value is -3.02. The van der Waals surface area contributed by atoms with Gasteiger partial charge in [-0.1, -0.05) is 18.2 Å². The van der Waals surface area contributed by atoms with Gasteiger partial charge in [-0.3, -0.25) is 9.67 Å². The van der Waals surface area contributed by atoms with E-state index in [1.807, 2.05) is 0 Å². The van der Waals surface area contributed by atoms with Crippen LogP contribution in [-0.4, -0.2) is 25.8 Å². The van der Waals surface area contributed by atoms with Crippen LogP contribution in [0.2, 0.25) is 0 Å². The number of pyridine rings is 1. The molecule has 1 aromatic carbocycles. The molecule has 0 saturated carbocycles. The van der Waals surface area contributed by atoms with Gasteiger partial charge in [0, 0.05) is 37.0 Å². The first-order chi connectivity index (χ1) is 11.1. The van der Waals surface area contributed by atoms with Crippen LogP contribution in [0.25, 0.3) is 11.1 Å². The molecule has 0 aliphatic rings. The summed E-state index contributed by atoms with van der Waals surface area (Å²) in [5.74, 6) is -1.36. The first-order valence-electron chi connectivity index (χ1n) is 7.00. The molecule has 0 fully saturated rings. The minimum Gasteiger partial charge on any atom is -0.478 e. The van der Waals surface area contributed by atoms with E-state index < -0.39 is 5.97 Å². The summed E-state index contributed by atoms with van der Waals surface area (Å²) in [6, 6.07) is 7.90. The fraction of sp³-hybridized carbons (Fsp3) is 0.118. The smallest absolute Gasteiger partial charge is 0.336 e. The second kappa shape index (κ2) is 6.00. The molecule has 0 radical (unpaired) electrons. The first-order valence-corrected chi connectivity index (χ1v) is 7.00. The molecule has 0 bridgehead atoms. The summed E-state index contributed by atoms with van der Waals surface area (Å²) < 4.78 is 15.7. The van der Waals surface area contributed by atoms with Crippen LogP contribution in [0.3, 0.4) is 0 Å². The van der Waals surface area contributed by atoms with Crippen molar-refractivity contribution >= 4 is 5.97 Å². The van der Waals surface area contributed by atoms with Gasteiger partial charge < -0.3 is 5.11 Å². The van der Waals surface area contributed by atoms with Crippen LogP contribution in [0.4, 0.5) is 4.39 Å². The second-order valence-corrected chi connectivity index (χ2v) is 5.12. The van der Waals surface area contributed by atoms with Gasteiger partial charge in [0.25, 0.3) is 0 Å². The monoisotopic (exact) mass is 311 g/mol. The minimum absolute atomic E-state index is 0.181.